The number of benzene rings is 1. The molecule has 2 unspecified atom stereocenters. The van der Waals surface area contributed by atoms with Crippen LogP contribution >= 0.6 is 0 Å². The molecule has 1 saturated heterocycles. The summed E-state index contributed by atoms with van der Waals surface area (Å²) in [5.41, 5.74) is 2.73. The number of rotatable bonds is 3. The van der Waals surface area contributed by atoms with Crippen LogP contribution in [0.4, 0.5) is 0 Å². The summed E-state index contributed by atoms with van der Waals surface area (Å²) in [7, 11) is 1.79. The predicted molar refractivity (Wildman–Crippen MR) is 75.5 cm³/mol. The van der Waals surface area contributed by atoms with Crippen molar-refractivity contribution in [3.63, 3.8) is 0 Å². The van der Waals surface area contributed by atoms with Gasteiger partial charge >= 0.3 is 0 Å². The monoisotopic (exact) mass is 260 g/mol. The summed E-state index contributed by atoms with van der Waals surface area (Å²) in [6.07, 6.45) is 1.49. The molecule has 0 bridgehead atoms. The first kappa shape index (κ1) is 13.1. The van der Waals surface area contributed by atoms with E-state index in [-0.39, 0.29) is 6.10 Å². The van der Waals surface area contributed by atoms with Gasteiger partial charge in [0.25, 0.3) is 0 Å². The summed E-state index contributed by atoms with van der Waals surface area (Å²) in [6.45, 7) is 6.10. The minimum atomic E-state index is 0.217. The molecule has 0 aliphatic carbocycles. The highest BCUT2D eigenvalue weighted by Gasteiger charge is 2.36. The Balaban J connectivity index is 1.84. The molecule has 1 aromatic carbocycles. The summed E-state index contributed by atoms with van der Waals surface area (Å²) in [6, 6.07) is 9.01. The number of hydrogen-bond donors (Lipinski definition) is 2. The quantitative estimate of drug-likeness (QED) is 0.848. The van der Waals surface area contributed by atoms with Gasteiger partial charge in [-0.3, -0.25) is 10.2 Å². The van der Waals surface area contributed by atoms with Crippen molar-refractivity contribution in [3.05, 3.63) is 41.6 Å². The minimum absolute atomic E-state index is 0.217. The van der Waals surface area contributed by atoms with E-state index < -0.39 is 0 Å². The Bertz CT molecular complexity index is 437. The second kappa shape index (κ2) is 5.59. The zero-order valence-electron chi connectivity index (χ0n) is 11.6. The Morgan fingerprint density at radius 3 is 3.05 bits per heavy atom. The molecule has 4 heteroatoms. The molecule has 1 aromatic rings. The van der Waals surface area contributed by atoms with Gasteiger partial charge in [-0.15, -0.1) is 0 Å². The van der Waals surface area contributed by atoms with E-state index in [1.54, 1.807) is 7.11 Å². The van der Waals surface area contributed by atoms with Crippen molar-refractivity contribution < 1.29 is 4.74 Å². The van der Waals surface area contributed by atoms with Crippen LogP contribution in [0.25, 0.3) is 0 Å². The summed E-state index contributed by atoms with van der Waals surface area (Å²) < 4.78 is 5.54. The SMILES string of the molecule is COC(C)C1CNCCN1[C]1NCc2ccccc21. The van der Waals surface area contributed by atoms with Crippen molar-refractivity contribution >= 4 is 0 Å². The molecule has 2 heterocycles. The van der Waals surface area contributed by atoms with Crippen LogP contribution in [0.5, 0.6) is 0 Å². The number of nitrogens with one attached hydrogen (secondary N) is 2. The highest BCUT2D eigenvalue weighted by atomic mass is 16.5. The fraction of sp³-hybridized carbons (Fsp3) is 0.533. The molecule has 0 saturated carbocycles. The fourth-order valence-electron chi connectivity index (χ4n) is 3.02. The molecule has 4 nitrogen and oxygen atoms in total. The van der Waals surface area contributed by atoms with Crippen molar-refractivity contribution in [3.8, 4) is 0 Å². The van der Waals surface area contributed by atoms with E-state index in [4.69, 9.17) is 4.74 Å². The first-order chi connectivity index (χ1) is 9.31. The molecule has 3 rings (SSSR count). The molecule has 0 amide bonds. The van der Waals surface area contributed by atoms with E-state index in [0.29, 0.717) is 6.04 Å². The van der Waals surface area contributed by atoms with Gasteiger partial charge in [0.1, 0.15) is 6.17 Å². The molecular formula is C15H22N3O. The van der Waals surface area contributed by atoms with Crippen LogP contribution in [0.15, 0.2) is 24.3 Å². The molecule has 2 aliphatic rings. The number of fused-ring (bicyclic) bond motifs is 1. The lowest BCUT2D eigenvalue weighted by Crippen LogP contribution is -2.58. The van der Waals surface area contributed by atoms with Gasteiger partial charge in [0.15, 0.2) is 0 Å². The van der Waals surface area contributed by atoms with Crippen LogP contribution in [-0.2, 0) is 11.3 Å². The third-order valence-corrected chi connectivity index (χ3v) is 4.20. The van der Waals surface area contributed by atoms with Crippen LogP contribution < -0.4 is 10.6 Å². The number of ether oxygens (including phenoxy) is 1. The van der Waals surface area contributed by atoms with Gasteiger partial charge in [-0.2, -0.15) is 0 Å². The van der Waals surface area contributed by atoms with Crippen LogP contribution in [0.2, 0.25) is 0 Å². The van der Waals surface area contributed by atoms with Gasteiger partial charge in [0.05, 0.1) is 12.1 Å². The second-order valence-electron chi connectivity index (χ2n) is 5.26. The maximum absolute atomic E-state index is 5.54. The zero-order chi connectivity index (χ0) is 13.2. The normalized spacial score (nSPS) is 26.3. The average Bonchev–Trinajstić information content (AvgIpc) is 2.90. The minimum Gasteiger partial charge on any atom is -0.380 e. The lowest BCUT2D eigenvalue weighted by Gasteiger charge is -2.42. The van der Waals surface area contributed by atoms with E-state index in [9.17, 15) is 0 Å². The third-order valence-electron chi connectivity index (χ3n) is 4.20. The molecule has 0 aromatic heterocycles. The summed E-state index contributed by atoms with van der Waals surface area (Å²) >= 11 is 0. The topological polar surface area (TPSA) is 36.5 Å². The summed E-state index contributed by atoms with van der Waals surface area (Å²) in [5, 5.41) is 7.02. The van der Waals surface area contributed by atoms with Gasteiger partial charge in [0, 0.05) is 33.3 Å². The second-order valence-corrected chi connectivity index (χ2v) is 5.26. The highest BCUT2D eigenvalue weighted by Crippen LogP contribution is 2.30. The van der Waals surface area contributed by atoms with Gasteiger partial charge in [-0.05, 0) is 18.1 Å². The van der Waals surface area contributed by atoms with Crippen LogP contribution in [0.3, 0.4) is 0 Å². The number of methoxy groups -OCH3 is 1. The Labute approximate surface area is 115 Å². The first-order valence-electron chi connectivity index (χ1n) is 7.00. The van der Waals surface area contributed by atoms with Crippen molar-refractivity contribution in [1.82, 2.24) is 15.5 Å². The molecule has 0 spiro atoms. The standard InChI is InChI=1S/C15H22N3O/c1-11(19-2)14-10-16-7-8-18(14)15-13-6-4-3-5-12(13)9-17-15/h3-6,11,14,16-17H,7-10H2,1-2H3. The van der Waals surface area contributed by atoms with Crippen molar-refractivity contribution in [2.24, 2.45) is 0 Å². The average molecular weight is 260 g/mol. The fourth-order valence-corrected chi connectivity index (χ4v) is 3.02. The summed E-state index contributed by atoms with van der Waals surface area (Å²) in [4.78, 5) is 2.47. The zero-order valence-corrected chi connectivity index (χ0v) is 11.6. The predicted octanol–water partition coefficient (Wildman–Crippen LogP) is 0.936. The Kier molecular flexibility index (Phi) is 3.84. The van der Waals surface area contributed by atoms with Crippen molar-refractivity contribution in [1.29, 1.82) is 0 Å². The largest absolute Gasteiger partial charge is 0.380 e. The lowest BCUT2D eigenvalue weighted by molar-refractivity contribution is 0.0171. The molecular weight excluding hydrogens is 238 g/mol. The Morgan fingerprint density at radius 2 is 2.21 bits per heavy atom. The van der Waals surface area contributed by atoms with Crippen LogP contribution in [-0.4, -0.2) is 43.8 Å². The molecule has 103 valence electrons. The molecule has 1 fully saturated rings. The number of hydrogen-bond acceptors (Lipinski definition) is 4. The van der Waals surface area contributed by atoms with Gasteiger partial charge < -0.3 is 10.1 Å². The summed E-state index contributed by atoms with van der Waals surface area (Å²) in [5.74, 6) is 0. The molecule has 2 aliphatic heterocycles. The van der Waals surface area contributed by atoms with Crippen molar-refractivity contribution in [2.75, 3.05) is 26.7 Å². The van der Waals surface area contributed by atoms with E-state index >= 15 is 0 Å². The van der Waals surface area contributed by atoms with Crippen LogP contribution in [0, 0.1) is 6.17 Å². The molecule has 2 N–H and O–H groups in total. The van der Waals surface area contributed by atoms with E-state index in [1.807, 2.05) is 0 Å². The lowest BCUT2D eigenvalue weighted by atomic mass is 10.0. The van der Waals surface area contributed by atoms with E-state index in [2.05, 4.69) is 46.7 Å². The van der Waals surface area contributed by atoms with Crippen LogP contribution in [0.1, 0.15) is 18.1 Å². The Hall–Kier alpha value is -0.940. The molecule has 2 atom stereocenters. The third kappa shape index (κ3) is 2.41. The van der Waals surface area contributed by atoms with Gasteiger partial charge in [-0.25, -0.2) is 0 Å². The maximum atomic E-state index is 5.54. The van der Waals surface area contributed by atoms with Gasteiger partial charge in [-0.1, -0.05) is 24.3 Å². The molecule has 19 heavy (non-hydrogen) atoms. The Morgan fingerprint density at radius 1 is 1.37 bits per heavy atom. The van der Waals surface area contributed by atoms with Crippen molar-refractivity contribution in [2.45, 2.75) is 25.6 Å². The van der Waals surface area contributed by atoms with Gasteiger partial charge in [0.2, 0.25) is 0 Å². The van der Waals surface area contributed by atoms with E-state index in [1.165, 1.54) is 17.3 Å². The first-order valence-corrected chi connectivity index (χ1v) is 7.00. The maximum Gasteiger partial charge on any atom is 0.136 e. The molecule has 1 radical (unpaired) electrons. The highest BCUT2D eigenvalue weighted by molar-refractivity contribution is 5.41. The number of nitrogens with zero attached hydrogens (tertiary/aromatic N) is 1. The van der Waals surface area contributed by atoms with E-state index in [0.717, 1.165) is 26.2 Å². The number of piperazine rings is 1. The smallest absolute Gasteiger partial charge is 0.136 e.